The van der Waals surface area contributed by atoms with Crippen LogP contribution in [-0.2, 0) is 20.0 Å². The number of hydrogen-bond acceptors (Lipinski definition) is 4. The average molecular weight is 442 g/mol. The zero-order valence-electron chi connectivity index (χ0n) is 20.5. The Bertz CT molecular complexity index is 915. The fourth-order valence-corrected chi connectivity index (χ4v) is 4.29. The lowest BCUT2D eigenvalue weighted by molar-refractivity contribution is 0.200. The van der Waals surface area contributed by atoms with E-state index in [4.69, 9.17) is 14.5 Å². The average Bonchev–Trinajstić information content (AvgIpc) is 3.36. The number of aromatic nitrogens is 2. The van der Waals surface area contributed by atoms with E-state index in [1.54, 1.807) is 7.11 Å². The predicted octanol–water partition coefficient (Wildman–Crippen LogP) is 4.05. The van der Waals surface area contributed by atoms with E-state index < -0.39 is 0 Å². The van der Waals surface area contributed by atoms with Crippen LogP contribution in [0.25, 0.3) is 0 Å². The van der Waals surface area contributed by atoms with Gasteiger partial charge in [-0.15, -0.1) is 0 Å². The summed E-state index contributed by atoms with van der Waals surface area (Å²) in [6.07, 6.45) is 5.96. The number of guanidine groups is 1. The lowest BCUT2D eigenvalue weighted by Crippen LogP contribution is -2.43. The molecule has 0 spiro atoms. The second-order valence-corrected chi connectivity index (χ2v) is 8.73. The summed E-state index contributed by atoms with van der Waals surface area (Å²) in [5.41, 5.74) is 4.69. The highest BCUT2D eigenvalue weighted by Gasteiger charge is 2.18. The van der Waals surface area contributed by atoms with Crippen molar-refractivity contribution in [2.24, 2.45) is 12.0 Å². The van der Waals surface area contributed by atoms with Crippen molar-refractivity contribution < 1.29 is 9.47 Å². The first kappa shape index (κ1) is 24.0. The van der Waals surface area contributed by atoms with Gasteiger partial charge in [0, 0.05) is 25.3 Å². The number of rotatable bonds is 9. The van der Waals surface area contributed by atoms with Crippen molar-refractivity contribution in [2.75, 3.05) is 13.7 Å². The van der Waals surface area contributed by atoms with E-state index in [0.29, 0.717) is 12.6 Å². The molecule has 0 bridgehead atoms. The highest BCUT2D eigenvalue weighted by Crippen LogP contribution is 2.32. The number of ether oxygens (including phenoxy) is 2. The number of aliphatic imine (C=N–C) groups is 1. The second kappa shape index (κ2) is 11.2. The molecule has 176 valence electrons. The first-order valence-electron chi connectivity index (χ1n) is 11.8. The molecule has 1 saturated carbocycles. The van der Waals surface area contributed by atoms with Gasteiger partial charge in [0.2, 0.25) is 0 Å². The summed E-state index contributed by atoms with van der Waals surface area (Å²) < 4.78 is 13.7. The quantitative estimate of drug-likeness (QED) is 0.454. The zero-order valence-corrected chi connectivity index (χ0v) is 20.5. The molecular weight excluding hydrogens is 402 g/mol. The molecule has 1 fully saturated rings. The van der Waals surface area contributed by atoms with Gasteiger partial charge in [0.05, 0.1) is 25.5 Å². The molecule has 0 aliphatic heterocycles. The molecule has 3 rings (SSSR count). The maximum absolute atomic E-state index is 6.15. The molecule has 1 aliphatic rings. The van der Waals surface area contributed by atoms with Gasteiger partial charge in [0.1, 0.15) is 0 Å². The van der Waals surface area contributed by atoms with Gasteiger partial charge in [-0.3, -0.25) is 4.68 Å². The smallest absolute Gasteiger partial charge is 0.191 e. The highest BCUT2D eigenvalue weighted by molar-refractivity contribution is 5.80. The van der Waals surface area contributed by atoms with Crippen LogP contribution in [0.5, 0.6) is 11.5 Å². The van der Waals surface area contributed by atoms with Crippen molar-refractivity contribution in [1.82, 2.24) is 20.4 Å². The fraction of sp³-hybridized carbons (Fsp3) is 0.600. The molecule has 2 aromatic rings. The lowest BCUT2D eigenvalue weighted by Gasteiger charge is -2.18. The summed E-state index contributed by atoms with van der Waals surface area (Å²) >= 11 is 0. The largest absolute Gasteiger partial charge is 0.493 e. The van der Waals surface area contributed by atoms with Gasteiger partial charge in [0.25, 0.3) is 0 Å². The number of methoxy groups -OCH3 is 1. The molecule has 7 nitrogen and oxygen atoms in total. The molecule has 1 atom stereocenters. The van der Waals surface area contributed by atoms with Gasteiger partial charge in [-0.25, -0.2) is 4.99 Å². The molecule has 1 aromatic carbocycles. The van der Waals surface area contributed by atoms with Crippen LogP contribution in [-0.4, -0.2) is 41.5 Å². The van der Waals surface area contributed by atoms with Crippen molar-refractivity contribution in [3.63, 3.8) is 0 Å². The van der Waals surface area contributed by atoms with Gasteiger partial charge in [-0.1, -0.05) is 6.07 Å². The van der Waals surface area contributed by atoms with Crippen LogP contribution in [0.2, 0.25) is 0 Å². The fourth-order valence-electron chi connectivity index (χ4n) is 4.29. The first-order chi connectivity index (χ1) is 15.4. The summed E-state index contributed by atoms with van der Waals surface area (Å²) in [4.78, 5) is 4.80. The van der Waals surface area contributed by atoms with Crippen molar-refractivity contribution in [3.05, 3.63) is 40.7 Å². The standard InChI is InChI=1S/C25H39N5O2/c1-7-26-25(28-17(2)14-22-18(3)29-30(5)19(22)4)27-16-20-12-13-23(24(15-20)31-6)32-21-10-8-9-11-21/h12-13,15,17,21H,7-11,14,16H2,1-6H3,(H2,26,27,28). The van der Waals surface area contributed by atoms with Crippen LogP contribution in [0.4, 0.5) is 0 Å². The minimum Gasteiger partial charge on any atom is -0.493 e. The first-order valence-corrected chi connectivity index (χ1v) is 11.8. The zero-order chi connectivity index (χ0) is 23.1. The van der Waals surface area contributed by atoms with E-state index in [9.17, 15) is 0 Å². The monoisotopic (exact) mass is 441 g/mol. The van der Waals surface area contributed by atoms with E-state index in [1.807, 2.05) is 23.9 Å². The van der Waals surface area contributed by atoms with E-state index >= 15 is 0 Å². The summed E-state index contributed by atoms with van der Waals surface area (Å²) in [6.45, 7) is 9.82. The van der Waals surface area contributed by atoms with Crippen molar-refractivity contribution >= 4 is 5.96 Å². The molecule has 0 saturated heterocycles. The summed E-state index contributed by atoms with van der Waals surface area (Å²) in [6, 6.07) is 6.35. The molecule has 0 radical (unpaired) electrons. The van der Waals surface area contributed by atoms with Crippen LogP contribution in [0.15, 0.2) is 23.2 Å². The Hall–Kier alpha value is -2.70. The number of hydrogen-bond donors (Lipinski definition) is 2. The van der Waals surface area contributed by atoms with Gasteiger partial charge in [-0.2, -0.15) is 5.10 Å². The Morgan fingerprint density at radius 3 is 2.62 bits per heavy atom. The third-order valence-corrected chi connectivity index (χ3v) is 6.14. The molecule has 1 heterocycles. The van der Waals surface area contributed by atoms with Crippen LogP contribution in [0.1, 0.15) is 62.0 Å². The van der Waals surface area contributed by atoms with Gasteiger partial charge in [0.15, 0.2) is 17.5 Å². The number of nitrogens with one attached hydrogen (secondary N) is 2. The molecule has 0 amide bonds. The normalized spacial score (nSPS) is 15.6. The Kier molecular flexibility index (Phi) is 8.42. The molecule has 1 unspecified atom stereocenters. The van der Waals surface area contributed by atoms with E-state index in [-0.39, 0.29) is 6.04 Å². The number of nitrogens with zero attached hydrogens (tertiary/aromatic N) is 3. The highest BCUT2D eigenvalue weighted by atomic mass is 16.5. The second-order valence-electron chi connectivity index (χ2n) is 8.73. The lowest BCUT2D eigenvalue weighted by atomic mass is 10.1. The Balaban J connectivity index is 1.64. The van der Waals surface area contributed by atoms with Crippen LogP contribution in [0.3, 0.4) is 0 Å². The van der Waals surface area contributed by atoms with Crippen LogP contribution < -0.4 is 20.1 Å². The third kappa shape index (κ3) is 6.17. The molecular formula is C25H39N5O2. The number of aryl methyl sites for hydroxylation is 2. The number of benzene rings is 1. The minimum atomic E-state index is 0.228. The van der Waals surface area contributed by atoms with E-state index in [2.05, 4.69) is 49.5 Å². The van der Waals surface area contributed by atoms with Crippen LogP contribution >= 0.6 is 0 Å². The van der Waals surface area contributed by atoms with Crippen molar-refractivity contribution in [2.45, 2.75) is 78.5 Å². The summed E-state index contributed by atoms with van der Waals surface area (Å²) in [5, 5.41) is 11.4. The Morgan fingerprint density at radius 2 is 2.00 bits per heavy atom. The molecule has 2 N–H and O–H groups in total. The molecule has 32 heavy (non-hydrogen) atoms. The van der Waals surface area contributed by atoms with E-state index in [1.165, 1.54) is 24.1 Å². The maximum atomic E-state index is 6.15. The van der Waals surface area contributed by atoms with E-state index in [0.717, 1.165) is 54.5 Å². The Morgan fingerprint density at radius 1 is 1.25 bits per heavy atom. The van der Waals surface area contributed by atoms with Crippen LogP contribution in [0, 0.1) is 13.8 Å². The molecule has 7 heteroatoms. The van der Waals surface area contributed by atoms with Gasteiger partial charge < -0.3 is 20.1 Å². The Labute approximate surface area is 192 Å². The SMILES string of the molecule is CCNC(=NCc1ccc(OC2CCCC2)c(OC)c1)NC(C)Cc1c(C)nn(C)c1C. The van der Waals surface area contributed by atoms with Crippen molar-refractivity contribution in [3.8, 4) is 11.5 Å². The predicted molar refractivity (Wildman–Crippen MR) is 130 cm³/mol. The molecule has 1 aliphatic carbocycles. The van der Waals surface area contributed by atoms with Gasteiger partial charge in [-0.05, 0) is 83.1 Å². The van der Waals surface area contributed by atoms with Gasteiger partial charge >= 0.3 is 0 Å². The maximum Gasteiger partial charge on any atom is 0.191 e. The van der Waals surface area contributed by atoms with Crippen molar-refractivity contribution in [1.29, 1.82) is 0 Å². The summed E-state index contributed by atoms with van der Waals surface area (Å²) in [7, 11) is 3.69. The summed E-state index contributed by atoms with van der Waals surface area (Å²) in [5.74, 6) is 2.41. The third-order valence-electron chi connectivity index (χ3n) is 6.14. The topological polar surface area (TPSA) is 72.7 Å². The minimum absolute atomic E-state index is 0.228. The molecule has 1 aromatic heterocycles.